The molecule has 0 aliphatic heterocycles. The lowest BCUT2D eigenvalue weighted by Gasteiger charge is -1.97. The van der Waals surface area contributed by atoms with Crippen molar-refractivity contribution >= 4 is 10.9 Å². The van der Waals surface area contributed by atoms with Crippen LogP contribution in [-0.2, 0) is 6.42 Å². The summed E-state index contributed by atoms with van der Waals surface area (Å²) >= 11 is 0. The van der Waals surface area contributed by atoms with Crippen molar-refractivity contribution in [3.63, 3.8) is 0 Å². The maximum atomic E-state index is 4.34. The first-order valence-corrected chi connectivity index (χ1v) is 5.24. The van der Waals surface area contributed by atoms with Crippen LogP contribution in [0.15, 0.2) is 48.8 Å². The number of rotatable bonds is 2. The number of para-hydroxylation sites is 1. The highest BCUT2D eigenvalue weighted by atomic mass is 15.1. The Labute approximate surface area is 93.2 Å². The molecular weight excluding hydrogens is 198 g/mol. The SMILES string of the molecule is c1cncc(Cc2n[nH]c3ccccc23)c1. The van der Waals surface area contributed by atoms with E-state index in [1.54, 1.807) is 6.20 Å². The summed E-state index contributed by atoms with van der Waals surface area (Å²) < 4.78 is 0. The number of fused-ring (bicyclic) bond motifs is 1. The molecule has 2 heterocycles. The van der Waals surface area contributed by atoms with Crippen LogP contribution in [0, 0.1) is 0 Å². The molecule has 3 rings (SSSR count). The zero-order valence-corrected chi connectivity index (χ0v) is 8.72. The predicted octanol–water partition coefficient (Wildman–Crippen LogP) is 2.55. The van der Waals surface area contributed by atoms with Gasteiger partial charge in [0.05, 0.1) is 11.2 Å². The third-order valence-corrected chi connectivity index (χ3v) is 2.64. The third-order valence-electron chi connectivity index (χ3n) is 2.64. The second-order valence-electron chi connectivity index (χ2n) is 3.75. The number of pyridine rings is 1. The van der Waals surface area contributed by atoms with E-state index in [1.165, 1.54) is 10.9 Å². The van der Waals surface area contributed by atoms with E-state index in [1.807, 2.05) is 30.5 Å². The summed E-state index contributed by atoms with van der Waals surface area (Å²) in [5.74, 6) is 0. The summed E-state index contributed by atoms with van der Waals surface area (Å²) in [5, 5.41) is 8.56. The van der Waals surface area contributed by atoms with Crippen molar-refractivity contribution in [1.29, 1.82) is 0 Å². The van der Waals surface area contributed by atoms with Gasteiger partial charge < -0.3 is 0 Å². The van der Waals surface area contributed by atoms with Crippen molar-refractivity contribution in [2.45, 2.75) is 6.42 Å². The fourth-order valence-electron chi connectivity index (χ4n) is 1.85. The van der Waals surface area contributed by atoms with E-state index in [0.717, 1.165) is 17.6 Å². The number of benzene rings is 1. The van der Waals surface area contributed by atoms with Gasteiger partial charge >= 0.3 is 0 Å². The van der Waals surface area contributed by atoms with Gasteiger partial charge in [-0.05, 0) is 17.7 Å². The van der Waals surface area contributed by atoms with Crippen LogP contribution in [0.3, 0.4) is 0 Å². The lowest BCUT2D eigenvalue weighted by atomic mass is 10.1. The largest absolute Gasteiger partial charge is 0.278 e. The van der Waals surface area contributed by atoms with Gasteiger partial charge in [0.15, 0.2) is 0 Å². The number of hydrogen-bond acceptors (Lipinski definition) is 2. The van der Waals surface area contributed by atoms with E-state index in [2.05, 4.69) is 27.3 Å². The maximum Gasteiger partial charge on any atom is 0.0745 e. The van der Waals surface area contributed by atoms with Crippen LogP contribution in [0.2, 0.25) is 0 Å². The van der Waals surface area contributed by atoms with E-state index < -0.39 is 0 Å². The Morgan fingerprint density at radius 1 is 1.06 bits per heavy atom. The van der Waals surface area contributed by atoms with Gasteiger partial charge in [0, 0.05) is 24.2 Å². The summed E-state index contributed by atoms with van der Waals surface area (Å²) in [6, 6.07) is 12.2. The molecule has 0 bridgehead atoms. The Hall–Kier alpha value is -2.16. The Bertz CT molecular complexity index is 599. The molecule has 0 radical (unpaired) electrons. The Morgan fingerprint density at radius 3 is 2.88 bits per heavy atom. The quantitative estimate of drug-likeness (QED) is 0.704. The zero-order chi connectivity index (χ0) is 10.8. The van der Waals surface area contributed by atoms with Crippen LogP contribution in [0.25, 0.3) is 10.9 Å². The Morgan fingerprint density at radius 2 is 2.00 bits per heavy atom. The minimum absolute atomic E-state index is 0.817. The van der Waals surface area contributed by atoms with Gasteiger partial charge in [0.25, 0.3) is 0 Å². The standard InChI is InChI=1S/C13H11N3/c1-2-6-12-11(5-1)13(16-15-12)8-10-4-3-7-14-9-10/h1-7,9H,8H2,(H,15,16). The number of nitrogens with one attached hydrogen (secondary N) is 1. The first kappa shape index (κ1) is 9.09. The third kappa shape index (κ3) is 1.56. The molecule has 2 aromatic heterocycles. The summed E-state index contributed by atoms with van der Waals surface area (Å²) in [4.78, 5) is 4.11. The summed E-state index contributed by atoms with van der Waals surface area (Å²) in [6.45, 7) is 0. The lowest BCUT2D eigenvalue weighted by molar-refractivity contribution is 1.00. The van der Waals surface area contributed by atoms with E-state index in [9.17, 15) is 0 Å². The molecule has 0 fully saturated rings. The topological polar surface area (TPSA) is 41.6 Å². The average Bonchev–Trinajstić information content (AvgIpc) is 2.74. The molecule has 0 atom stereocenters. The Kier molecular flexibility index (Phi) is 2.14. The number of H-pyrrole nitrogens is 1. The van der Waals surface area contributed by atoms with Gasteiger partial charge in [-0.15, -0.1) is 0 Å². The molecule has 1 aromatic carbocycles. The van der Waals surface area contributed by atoms with Crippen molar-refractivity contribution < 1.29 is 0 Å². The maximum absolute atomic E-state index is 4.34. The fraction of sp³-hybridized carbons (Fsp3) is 0.0769. The zero-order valence-electron chi connectivity index (χ0n) is 8.72. The number of nitrogens with zero attached hydrogens (tertiary/aromatic N) is 2. The molecule has 3 nitrogen and oxygen atoms in total. The summed E-state index contributed by atoms with van der Waals surface area (Å²) in [7, 11) is 0. The van der Waals surface area contributed by atoms with Crippen molar-refractivity contribution in [2.75, 3.05) is 0 Å². The van der Waals surface area contributed by atoms with Gasteiger partial charge in [0.1, 0.15) is 0 Å². The normalized spacial score (nSPS) is 10.8. The van der Waals surface area contributed by atoms with Gasteiger partial charge in [0.2, 0.25) is 0 Å². The second kappa shape index (κ2) is 3.77. The van der Waals surface area contributed by atoms with Crippen molar-refractivity contribution in [1.82, 2.24) is 15.2 Å². The lowest BCUT2D eigenvalue weighted by Crippen LogP contribution is -1.89. The predicted molar refractivity (Wildman–Crippen MR) is 63.1 cm³/mol. The summed E-state index contributed by atoms with van der Waals surface area (Å²) in [5.41, 5.74) is 3.34. The minimum Gasteiger partial charge on any atom is -0.278 e. The van der Waals surface area contributed by atoms with Crippen molar-refractivity contribution in [2.24, 2.45) is 0 Å². The second-order valence-corrected chi connectivity index (χ2v) is 3.75. The van der Waals surface area contributed by atoms with Crippen LogP contribution in [-0.4, -0.2) is 15.2 Å². The van der Waals surface area contributed by atoms with Gasteiger partial charge in [-0.3, -0.25) is 10.1 Å². The van der Waals surface area contributed by atoms with E-state index in [-0.39, 0.29) is 0 Å². The molecule has 0 amide bonds. The first-order valence-electron chi connectivity index (χ1n) is 5.24. The highest BCUT2D eigenvalue weighted by Crippen LogP contribution is 2.17. The monoisotopic (exact) mass is 209 g/mol. The molecule has 78 valence electrons. The molecule has 16 heavy (non-hydrogen) atoms. The molecule has 1 N–H and O–H groups in total. The van der Waals surface area contributed by atoms with Crippen LogP contribution >= 0.6 is 0 Å². The molecule has 0 saturated carbocycles. The van der Waals surface area contributed by atoms with Gasteiger partial charge in [-0.1, -0.05) is 24.3 Å². The minimum atomic E-state index is 0.817. The molecule has 0 unspecified atom stereocenters. The van der Waals surface area contributed by atoms with Crippen molar-refractivity contribution in [3.05, 3.63) is 60.0 Å². The van der Waals surface area contributed by atoms with Crippen LogP contribution < -0.4 is 0 Å². The highest BCUT2D eigenvalue weighted by molar-refractivity contribution is 5.81. The molecule has 0 saturated heterocycles. The van der Waals surface area contributed by atoms with Gasteiger partial charge in [-0.25, -0.2) is 0 Å². The molecule has 3 aromatic rings. The van der Waals surface area contributed by atoms with E-state index in [4.69, 9.17) is 0 Å². The fourth-order valence-corrected chi connectivity index (χ4v) is 1.85. The van der Waals surface area contributed by atoms with Crippen LogP contribution in [0.1, 0.15) is 11.3 Å². The molecule has 0 spiro atoms. The molecular formula is C13H11N3. The van der Waals surface area contributed by atoms with E-state index >= 15 is 0 Å². The highest BCUT2D eigenvalue weighted by Gasteiger charge is 2.05. The molecule has 0 aliphatic carbocycles. The van der Waals surface area contributed by atoms with Crippen LogP contribution in [0.5, 0.6) is 0 Å². The van der Waals surface area contributed by atoms with Crippen LogP contribution in [0.4, 0.5) is 0 Å². The number of aromatic nitrogens is 3. The number of aromatic amines is 1. The van der Waals surface area contributed by atoms with Crippen molar-refractivity contribution in [3.8, 4) is 0 Å². The number of hydrogen-bond donors (Lipinski definition) is 1. The molecule has 0 aliphatic rings. The smallest absolute Gasteiger partial charge is 0.0745 e. The first-order chi connectivity index (χ1) is 7.93. The average molecular weight is 209 g/mol. The van der Waals surface area contributed by atoms with E-state index in [0.29, 0.717) is 0 Å². The van der Waals surface area contributed by atoms with Gasteiger partial charge in [-0.2, -0.15) is 5.10 Å². The summed E-state index contributed by atoms with van der Waals surface area (Å²) in [6.07, 6.45) is 4.48. The Balaban J connectivity index is 2.01. The molecule has 3 heteroatoms.